The zero-order chi connectivity index (χ0) is 27.6. The fourth-order valence-electron chi connectivity index (χ4n) is 3.62. The van der Waals surface area contributed by atoms with Gasteiger partial charge in [0.2, 0.25) is 17.7 Å². The molecule has 0 aromatic heterocycles. The summed E-state index contributed by atoms with van der Waals surface area (Å²) >= 11 is 0. The molecule has 3 atom stereocenters. The molecule has 0 fully saturated rings. The lowest BCUT2D eigenvalue weighted by atomic mass is 9.95. The number of ether oxygens (including phenoxy) is 1. The minimum Gasteiger partial charge on any atom is -0.444 e. The first-order chi connectivity index (χ1) is 16.7. The van der Waals surface area contributed by atoms with Crippen LogP contribution in [0.1, 0.15) is 84.9 Å². The second-order valence-electron chi connectivity index (χ2n) is 10.0. The Morgan fingerprint density at radius 1 is 1.11 bits per heavy atom. The van der Waals surface area contributed by atoms with Gasteiger partial charge >= 0.3 is 6.09 Å². The van der Waals surface area contributed by atoms with E-state index in [4.69, 9.17) is 16.9 Å². The van der Waals surface area contributed by atoms with Gasteiger partial charge in [0.1, 0.15) is 17.7 Å². The lowest BCUT2D eigenvalue weighted by Gasteiger charge is -2.38. The van der Waals surface area contributed by atoms with Gasteiger partial charge in [0.05, 0.1) is 0 Å². The van der Waals surface area contributed by atoms with Crippen molar-refractivity contribution in [2.45, 2.75) is 97.5 Å². The van der Waals surface area contributed by atoms with Crippen LogP contribution >= 0.6 is 0 Å². The van der Waals surface area contributed by atoms with Gasteiger partial charge in [-0.25, -0.2) is 4.79 Å². The van der Waals surface area contributed by atoms with Crippen molar-refractivity contribution in [2.24, 2.45) is 5.73 Å². The van der Waals surface area contributed by atoms with Crippen molar-refractivity contribution in [1.29, 1.82) is 0 Å². The van der Waals surface area contributed by atoms with E-state index >= 15 is 0 Å². The average molecular weight is 501 g/mol. The average Bonchev–Trinajstić information content (AvgIpc) is 2.77. The molecule has 4 amide bonds. The number of nitrogens with zero attached hydrogens (tertiary/aromatic N) is 1. The van der Waals surface area contributed by atoms with Gasteiger partial charge in [-0.15, -0.1) is 6.42 Å². The minimum atomic E-state index is -1.16. The topological polar surface area (TPSA) is 131 Å². The molecule has 36 heavy (non-hydrogen) atoms. The van der Waals surface area contributed by atoms with E-state index in [2.05, 4.69) is 16.6 Å². The third-order valence-corrected chi connectivity index (χ3v) is 5.36. The Morgan fingerprint density at radius 2 is 1.72 bits per heavy atom. The Morgan fingerprint density at radius 3 is 2.22 bits per heavy atom. The van der Waals surface area contributed by atoms with Crippen molar-refractivity contribution >= 4 is 23.8 Å². The number of carbonyl (C=O) groups is 4. The van der Waals surface area contributed by atoms with Crippen LogP contribution in [0.3, 0.4) is 0 Å². The highest BCUT2D eigenvalue weighted by molar-refractivity contribution is 5.93. The number of rotatable bonds is 11. The summed E-state index contributed by atoms with van der Waals surface area (Å²) in [5.41, 5.74) is 5.48. The molecule has 0 spiro atoms. The van der Waals surface area contributed by atoms with Crippen LogP contribution in [-0.4, -0.2) is 52.4 Å². The molecule has 0 saturated heterocycles. The fourth-order valence-corrected chi connectivity index (χ4v) is 3.62. The number of hydrogen-bond acceptors (Lipinski definition) is 5. The molecule has 0 saturated carbocycles. The Labute approximate surface area is 214 Å². The summed E-state index contributed by atoms with van der Waals surface area (Å²) in [4.78, 5) is 53.1. The lowest BCUT2D eigenvalue weighted by Crippen LogP contribution is -2.56. The largest absolute Gasteiger partial charge is 0.444 e. The SMILES string of the molecule is C#Cc1ccccc1C(C(=O)NC(C)C)N(C(=O)C(CCC(N)=O)NC(=O)OC(C)(C)C)C(C)CC. The number of alkyl carbamates (subject to hydrolysis) is 1. The Kier molecular flexibility index (Phi) is 11.5. The van der Waals surface area contributed by atoms with E-state index in [0.717, 1.165) is 0 Å². The van der Waals surface area contributed by atoms with E-state index < -0.39 is 47.5 Å². The predicted octanol–water partition coefficient (Wildman–Crippen LogP) is 3.02. The monoisotopic (exact) mass is 500 g/mol. The molecular weight excluding hydrogens is 460 g/mol. The summed E-state index contributed by atoms with van der Waals surface area (Å²) in [6.07, 6.45) is 5.22. The first-order valence-electron chi connectivity index (χ1n) is 12.2. The highest BCUT2D eigenvalue weighted by atomic mass is 16.6. The number of nitrogens with two attached hydrogens (primary N) is 1. The fraction of sp³-hybridized carbons (Fsp3) is 0.556. The molecule has 0 aliphatic carbocycles. The highest BCUT2D eigenvalue weighted by Gasteiger charge is 2.39. The number of nitrogens with one attached hydrogen (secondary N) is 2. The number of amides is 4. The second-order valence-corrected chi connectivity index (χ2v) is 10.0. The maximum absolute atomic E-state index is 14.0. The van der Waals surface area contributed by atoms with Crippen molar-refractivity contribution < 1.29 is 23.9 Å². The van der Waals surface area contributed by atoms with Crippen molar-refractivity contribution in [3.8, 4) is 12.3 Å². The summed E-state index contributed by atoms with van der Waals surface area (Å²) in [6.45, 7) is 12.4. The smallest absolute Gasteiger partial charge is 0.408 e. The summed E-state index contributed by atoms with van der Waals surface area (Å²) in [7, 11) is 0. The van der Waals surface area contributed by atoms with Crippen LogP contribution in [0.2, 0.25) is 0 Å². The lowest BCUT2D eigenvalue weighted by molar-refractivity contribution is -0.145. The maximum atomic E-state index is 14.0. The maximum Gasteiger partial charge on any atom is 0.408 e. The van der Waals surface area contributed by atoms with Crippen LogP contribution in [0.4, 0.5) is 4.79 Å². The molecule has 1 aromatic rings. The van der Waals surface area contributed by atoms with E-state index in [1.165, 1.54) is 4.90 Å². The van der Waals surface area contributed by atoms with E-state index in [1.54, 1.807) is 45.0 Å². The van der Waals surface area contributed by atoms with Crippen molar-refractivity contribution in [1.82, 2.24) is 15.5 Å². The van der Waals surface area contributed by atoms with Gasteiger partial charge in [0, 0.05) is 24.1 Å². The summed E-state index contributed by atoms with van der Waals surface area (Å²) in [5, 5.41) is 5.45. The number of primary amides is 1. The first-order valence-corrected chi connectivity index (χ1v) is 12.2. The molecule has 9 heteroatoms. The van der Waals surface area contributed by atoms with Gasteiger partial charge < -0.3 is 26.0 Å². The third-order valence-electron chi connectivity index (χ3n) is 5.36. The summed E-state index contributed by atoms with van der Waals surface area (Å²) in [5.74, 6) is 1.01. The standard InChI is InChI=1S/C27H40N4O5/c1-9-18(5)31(23(24(33)29-17(3)4)20-14-12-11-13-19(20)10-2)25(34)21(15-16-22(28)32)30-26(35)36-27(6,7)8/h2,11-14,17-18,21,23H,9,15-16H2,1,3-8H3,(H2,28,32)(H,29,33)(H,30,35). The second kappa shape index (κ2) is 13.5. The Balaban J connectivity index is 3.62. The summed E-state index contributed by atoms with van der Waals surface area (Å²) < 4.78 is 5.33. The first kappa shape index (κ1) is 30.5. The molecule has 0 aliphatic rings. The van der Waals surface area contributed by atoms with Crippen molar-refractivity contribution in [3.05, 3.63) is 35.4 Å². The van der Waals surface area contributed by atoms with E-state index in [0.29, 0.717) is 17.5 Å². The van der Waals surface area contributed by atoms with Crippen LogP contribution in [0.25, 0.3) is 0 Å². The zero-order valence-electron chi connectivity index (χ0n) is 22.4. The van der Waals surface area contributed by atoms with E-state index in [-0.39, 0.29) is 18.9 Å². The van der Waals surface area contributed by atoms with Crippen molar-refractivity contribution in [2.75, 3.05) is 0 Å². The van der Waals surface area contributed by atoms with Crippen LogP contribution in [0, 0.1) is 12.3 Å². The molecule has 1 rings (SSSR count). The molecule has 0 bridgehead atoms. The Bertz CT molecular complexity index is 977. The summed E-state index contributed by atoms with van der Waals surface area (Å²) in [6, 6.07) is 4.07. The van der Waals surface area contributed by atoms with Gasteiger partial charge in [-0.3, -0.25) is 14.4 Å². The molecule has 0 radical (unpaired) electrons. The van der Waals surface area contributed by atoms with Gasteiger partial charge in [-0.2, -0.15) is 0 Å². The molecule has 0 heterocycles. The van der Waals surface area contributed by atoms with Crippen molar-refractivity contribution in [3.63, 3.8) is 0 Å². The van der Waals surface area contributed by atoms with Crippen LogP contribution in [0.5, 0.6) is 0 Å². The van der Waals surface area contributed by atoms with Crippen LogP contribution in [0.15, 0.2) is 24.3 Å². The quantitative estimate of drug-likeness (QED) is 0.402. The molecule has 4 N–H and O–H groups in total. The molecular formula is C27H40N4O5. The Hall–Kier alpha value is -3.54. The van der Waals surface area contributed by atoms with Gasteiger partial charge in [-0.1, -0.05) is 31.0 Å². The predicted molar refractivity (Wildman–Crippen MR) is 139 cm³/mol. The van der Waals surface area contributed by atoms with E-state index in [1.807, 2.05) is 27.7 Å². The molecule has 0 aliphatic heterocycles. The van der Waals surface area contributed by atoms with Gasteiger partial charge in [-0.05, 0) is 66.0 Å². The normalized spacial score (nSPS) is 13.6. The van der Waals surface area contributed by atoms with Gasteiger partial charge in [0.15, 0.2) is 0 Å². The molecule has 198 valence electrons. The molecule has 1 aromatic carbocycles. The zero-order valence-corrected chi connectivity index (χ0v) is 22.4. The van der Waals surface area contributed by atoms with Gasteiger partial charge in [0.25, 0.3) is 0 Å². The van der Waals surface area contributed by atoms with E-state index in [9.17, 15) is 19.2 Å². The molecule has 9 nitrogen and oxygen atoms in total. The van der Waals surface area contributed by atoms with Crippen LogP contribution in [-0.2, 0) is 19.1 Å². The third kappa shape index (κ3) is 9.25. The number of terminal acetylenes is 1. The number of benzene rings is 1. The number of hydrogen-bond donors (Lipinski definition) is 3. The number of carbonyl (C=O) groups excluding carboxylic acids is 4. The molecule has 3 unspecified atom stereocenters. The minimum absolute atomic E-state index is 0.0599. The highest BCUT2D eigenvalue weighted by Crippen LogP contribution is 2.29. The van der Waals surface area contributed by atoms with Crippen LogP contribution < -0.4 is 16.4 Å².